The molecule has 0 saturated carbocycles. The zero-order valence-corrected chi connectivity index (χ0v) is 27.0. The van der Waals surface area contributed by atoms with Gasteiger partial charge in [-0.25, -0.2) is 9.59 Å². The minimum absolute atomic E-state index is 0.00996. The molecule has 9 heteroatoms. The van der Waals surface area contributed by atoms with Crippen LogP contribution in [-0.2, 0) is 28.4 Å². The molecule has 0 aliphatic heterocycles. The van der Waals surface area contributed by atoms with E-state index in [0.717, 1.165) is 26.1 Å². The lowest BCUT2D eigenvalue weighted by Gasteiger charge is -2.19. The van der Waals surface area contributed by atoms with Crippen LogP contribution < -0.4 is 0 Å². The predicted molar refractivity (Wildman–Crippen MR) is 168 cm³/mol. The van der Waals surface area contributed by atoms with Crippen LogP contribution in [0.15, 0.2) is 24.3 Å². The molecule has 0 fully saturated rings. The van der Waals surface area contributed by atoms with Crippen molar-refractivity contribution in [2.24, 2.45) is 5.92 Å². The quantitative estimate of drug-likeness (QED) is 0.0730. The van der Waals surface area contributed by atoms with E-state index in [9.17, 15) is 14.7 Å². The van der Waals surface area contributed by atoms with Crippen molar-refractivity contribution in [3.8, 4) is 0 Å². The summed E-state index contributed by atoms with van der Waals surface area (Å²) in [6.07, 6.45) is 12.2. The third-order valence-corrected chi connectivity index (χ3v) is 7.23. The Hall–Kier alpha value is -2.04. The molecule has 0 aliphatic carbocycles. The molecule has 0 amide bonds. The largest absolute Gasteiger partial charge is 0.478 e. The number of ether oxygens (including phenoxy) is 6. The number of hydrogen-bond donors (Lipinski definition) is 1. The Morgan fingerprint density at radius 1 is 0.651 bits per heavy atom. The smallest absolute Gasteiger partial charge is 0.339 e. The van der Waals surface area contributed by atoms with E-state index in [0.29, 0.717) is 58.6 Å². The van der Waals surface area contributed by atoms with Crippen LogP contribution in [0.3, 0.4) is 0 Å². The number of rotatable bonds is 30. The van der Waals surface area contributed by atoms with Crippen molar-refractivity contribution in [1.82, 2.24) is 0 Å². The number of aromatic carboxylic acids is 1. The van der Waals surface area contributed by atoms with E-state index in [1.807, 2.05) is 0 Å². The second-order valence-electron chi connectivity index (χ2n) is 10.8. The highest BCUT2D eigenvalue weighted by atomic mass is 16.6. The van der Waals surface area contributed by atoms with Crippen molar-refractivity contribution in [3.63, 3.8) is 0 Å². The van der Waals surface area contributed by atoms with Gasteiger partial charge in [0.05, 0.1) is 56.9 Å². The summed E-state index contributed by atoms with van der Waals surface area (Å²) in [6.45, 7) is 11.3. The molecule has 2 atom stereocenters. The van der Waals surface area contributed by atoms with Gasteiger partial charge in [-0.3, -0.25) is 0 Å². The predicted octanol–water partition coefficient (Wildman–Crippen LogP) is 6.96. The molecular weight excluding hydrogens is 552 g/mol. The number of esters is 1. The van der Waals surface area contributed by atoms with Gasteiger partial charge in [-0.05, 0) is 30.9 Å². The topological polar surface area (TPSA) is 110 Å². The lowest BCUT2D eigenvalue weighted by atomic mass is 10.0. The summed E-state index contributed by atoms with van der Waals surface area (Å²) in [6, 6.07) is 6.00. The highest BCUT2D eigenvalue weighted by Gasteiger charge is 2.19. The van der Waals surface area contributed by atoms with Gasteiger partial charge >= 0.3 is 11.9 Å². The molecule has 0 heterocycles. The summed E-state index contributed by atoms with van der Waals surface area (Å²) in [4.78, 5) is 24.1. The van der Waals surface area contributed by atoms with Crippen molar-refractivity contribution in [3.05, 3.63) is 35.4 Å². The third-order valence-electron chi connectivity index (χ3n) is 7.23. The summed E-state index contributed by atoms with van der Waals surface area (Å²) in [5.41, 5.74) is -0.0869. The zero-order valence-electron chi connectivity index (χ0n) is 27.0. The molecular formula is C34H58O9. The highest BCUT2D eigenvalue weighted by molar-refractivity contribution is 6.02. The van der Waals surface area contributed by atoms with Gasteiger partial charge < -0.3 is 33.5 Å². The fourth-order valence-corrected chi connectivity index (χ4v) is 4.47. The lowest BCUT2D eigenvalue weighted by Crippen LogP contribution is -2.26. The fourth-order valence-electron chi connectivity index (χ4n) is 4.47. The van der Waals surface area contributed by atoms with Crippen LogP contribution in [0.4, 0.5) is 0 Å². The molecule has 0 saturated heterocycles. The van der Waals surface area contributed by atoms with E-state index >= 15 is 0 Å². The molecule has 43 heavy (non-hydrogen) atoms. The Kier molecular flexibility index (Phi) is 24.9. The van der Waals surface area contributed by atoms with Gasteiger partial charge in [0, 0.05) is 26.2 Å². The number of carboxylic acids is 1. The van der Waals surface area contributed by atoms with E-state index in [1.165, 1.54) is 63.5 Å². The molecule has 1 rings (SSSR count). The number of carbonyl (C=O) groups excluding carboxylic acids is 1. The average molecular weight is 611 g/mol. The first-order valence-corrected chi connectivity index (χ1v) is 16.4. The molecule has 0 bridgehead atoms. The van der Waals surface area contributed by atoms with E-state index in [4.69, 9.17) is 28.4 Å². The van der Waals surface area contributed by atoms with Gasteiger partial charge in [0.2, 0.25) is 0 Å². The number of benzene rings is 1. The minimum atomic E-state index is -1.18. The van der Waals surface area contributed by atoms with Crippen LogP contribution in [0.5, 0.6) is 0 Å². The number of unbranched alkanes of at least 4 members (excludes halogenated alkanes) is 6. The van der Waals surface area contributed by atoms with Gasteiger partial charge in [0.25, 0.3) is 0 Å². The van der Waals surface area contributed by atoms with Crippen LogP contribution in [0, 0.1) is 5.92 Å². The van der Waals surface area contributed by atoms with E-state index < -0.39 is 18.0 Å². The van der Waals surface area contributed by atoms with Crippen molar-refractivity contribution in [2.45, 2.75) is 97.5 Å². The first kappa shape index (κ1) is 39.0. The summed E-state index contributed by atoms with van der Waals surface area (Å²) >= 11 is 0. The maximum absolute atomic E-state index is 12.6. The SMILES string of the molecule is CCCCCCCCOCCOCCOC(CCOCCOCC(CC)CCCC)COC(=O)c1ccccc1C(=O)O. The fraction of sp³-hybridized carbons (Fsp3) is 0.765. The van der Waals surface area contributed by atoms with Gasteiger partial charge in [0.1, 0.15) is 6.61 Å². The lowest BCUT2D eigenvalue weighted by molar-refractivity contribution is -0.0496. The molecule has 2 unspecified atom stereocenters. The van der Waals surface area contributed by atoms with Crippen molar-refractivity contribution in [1.29, 1.82) is 0 Å². The highest BCUT2D eigenvalue weighted by Crippen LogP contribution is 2.13. The van der Waals surface area contributed by atoms with Gasteiger partial charge in [-0.2, -0.15) is 0 Å². The molecule has 0 aromatic heterocycles. The Bertz CT molecular complexity index is 817. The third kappa shape index (κ3) is 20.5. The Morgan fingerprint density at radius 3 is 1.95 bits per heavy atom. The number of carbonyl (C=O) groups is 2. The van der Waals surface area contributed by atoms with Crippen molar-refractivity contribution in [2.75, 3.05) is 66.1 Å². The maximum atomic E-state index is 12.6. The Morgan fingerprint density at radius 2 is 1.26 bits per heavy atom. The standard InChI is InChI=1S/C34H58O9/c1-4-7-9-10-11-14-19-38-21-22-40-25-26-42-30(18-20-39-23-24-41-27-29(6-3)15-8-5-2)28-43-34(37)32-17-13-12-16-31(32)33(35)36/h12-13,16-17,29-30H,4-11,14-15,18-28H2,1-3H3,(H,35,36). The first-order valence-electron chi connectivity index (χ1n) is 16.4. The molecule has 0 aliphatic rings. The van der Waals surface area contributed by atoms with E-state index in [1.54, 1.807) is 12.1 Å². The second kappa shape index (κ2) is 27.5. The van der Waals surface area contributed by atoms with E-state index in [2.05, 4.69) is 20.8 Å². The molecule has 1 aromatic rings. The average Bonchev–Trinajstić information content (AvgIpc) is 3.02. The second-order valence-corrected chi connectivity index (χ2v) is 10.8. The molecule has 0 spiro atoms. The summed E-state index contributed by atoms with van der Waals surface area (Å²) in [5.74, 6) is -1.29. The van der Waals surface area contributed by atoms with Crippen LogP contribution in [-0.4, -0.2) is 89.2 Å². The molecule has 9 nitrogen and oxygen atoms in total. The van der Waals surface area contributed by atoms with Gasteiger partial charge in [0.15, 0.2) is 0 Å². The molecule has 1 aromatic carbocycles. The van der Waals surface area contributed by atoms with Crippen LogP contribution in [0.25, 0.3) is 0 Å². The van der Waals surface area contributed by atoms with Crippen molar-refractivity contribution >= 4 is 11.9 Å². The summed E-state index contributed by atoms with van der Waals surface area (Å²) < 4.78 is 34.2. The number of hydrogen-bond acceptors (Lipinski definition) is 8. The van der Waals surface area contributed by atoms with Gasteiger partial charge in [-0.1, -0.05) is 84.3 Å². The van der Waals surface area contributed by atoms with Crippen molar-refractivity contribution < 1.29 is 43.1 Å². The van der Waals surface area contributed by atoms with Gasteiger partial charge in [-0.15, -0.1) is 0 Å². The summed E-state index contributed by atoms with van der Waals surface area (Å²) in [7, 11) is 0. The summed E-state index contributed by atoms with van der Waals surface area (Å²) in [5, 5.41) is 9.38. The first-order chi connectivity index (χ1) is 21.0. The van der Waals surface area contributed by atoms with E-state index in [-0.39, 0.29) is 17.7 Å². The van der Waals surface area contributed by atoms with Crippen LogP contribution in [0.1, 0.15) is 112 Å². The Labute approximate surface area is 259 Å². The minimum Gasteiger partial charge on any atom is -0.478 e. The zero-order chi connectivity index (χ0) is 31.4. The monoisotopic (exact) mass is 610 g/mol. The van der Waals surface area contributed by atoms with Crippen LogP contribution in [0.2, 0.25) is 0 Å². The number of carboxylic acid groups (broad SMARTS) is 1. The normalized spacial score (nSPS) is 12.7. The molecule has 1 N–H and O–H groups in total. The molecule has 0 radical (unpaired) electrons. The maximum Gasteiger partial charge on any atom is 0.339 e. The van der Waals surface area contributed by atoms with Crippen LogP contribution >= 0.6 is 0 Å². The molecule has 248 valence electrons. The Balaban J connectivity index is 2.36.